The topological polar surface area (TPSA) is 72.6 Å². The minimum atomic E-state index is -1.42. The van der Waals surface area contributed by atoms with Gasteiger partial charge in [-0.05, 0) is 22.0 Å². The number of aromatic nitrogens is 1. The van der Waals surface area contributed by atoms with E-state index in [1.165, 1.54) is 18.4 Å². The quantitative estimate of drug-likeness (QED) is 0.853. The fourth-order valence-electron chi connectivity index (χ4n) is 1.66. The molecule has 0 aliphatic heterocycles. The molecule has 0 spiro atoms. The monoisotopic (exact) mass is 361 g/mol. The molecule has 0 saturated carbocycles. The van der Waals surface area contributed by atoms with E-state index in [2.05, 4.69) is 21.1 Å². The largest absolute Gasteiger partial charge is 0.479 e. The van der Waals surface area contributed by atoms with Crippen LogP contribution in [-0.2, 0) is 4.79 Å². The van der Waals surface area contributed by atoms with Crippen LogP contribution in [-0.4, -0.2) is 29.0 Å². The van der Waals surface area contributed by atoms with E-state index in [0.717, 1.165) is 6.07 Å². The highest BCUT2D eigenvalue weighted by atomic mass is 79.9. The van der Waals surface area contributed by atoms with E-state index in [9.17, 15) is 13.6 Å². The van der Waals surface area contributed by atoms with E-state index < -0.39 is 24.6 Å². The number of alkyl halides is 1. The normalized spacial score (nSPS) is 12.1. The number of benzene rings is 1. The van der Waals surface area contributed by atoms with Crippen LogP contribution in [0.5, 0.6) is 5.75 Å². The van der Waals surface area contributed by atoms with E-state index in [4.69, 9.17) is 14.4 Å². The van der Waals surface area contributed by atoms with Crippen molar-refractivity contribution >= 4 is 21.9 Å². The lowest BCUT2D eigenvalue weighted by Crippen LogP contribution is -2.27. The molecule has 8 heteroatoms. The van der Waals surface area contributed by atoms with Gasteiger partial charge in [-0.15, -0.1) is 0 Å². The fourth-order valence-corrected chi connectivity index (χ4v) is 2.01. The molecule has 5 nitrogen and oxygen atoms in total. The highest BCUT2D eigenvalue weighted by Crippen LogP contribution is 2.34. The van der Waals surface area contributed by atoms with E-state index in [-0.39, 0.29) is 16.6 Å². The van der Waals surface area contributed by atoms with Crippen molar-refractivity contribution in [2.24, 2.45) is 0 Å². The van der Waals surface area contributed by atoms with Crippen LogP contribution in [0.25, 0.3) is 11.3 Å². The molecule has 0 fully saturated rings. The van der Waals surface area contributed by atoms with Gasteiger partial charge >= 0.3 is 5.97 Å². The molecule has 1 aromatic carbocycles. The molecule has 1 N–H and O–H groups in total. The Kier molecular flexibility index (Phi) is 4.89. The van der Waals surface area contributed by atoms with Crippen LogP contribution < -0.4 is 4.74 Å². The van der Waals surface area contributed by atoms with Crippen molar-refractivity contribution < 1.29 is 27.9 Å². The minimum absolute atomic E-state index is 0.0505. The molecule has 1 aromatic heterocycles. The number of ether oxygens (including phenoxy) is 1. The third kappa shape index (κ3) is 3.57. The molecule has 112 valence electrons. The number of carbonyl (C=O) groups is 1. The number of rotatable bonds is 6. The Bertz CT molecular complexity index is 633. The van der Waals surface area contributed by atoms with Crippen LogP contribution in [0, 0.1) is 5.82 Å². The molecule has 0 aliphatic rings. The zero-order valence-corrected chi connectivity index (χ0v) is 12.1. The molecule has 1 heterocycles. The highest BCUT2D eigenvalue weighted by molar-refractivity contribution is 9.10. The SMILES string of the molecule is O=C(O)[C@H](CCF)Oc1cc(F)c(Br)cc1-c1ccon1. The first-order valence-corrected chi connectivity index (χ1v) is 6.67. The van der Waals surface area contributed by atoms with Crippen LogP contribution in [0.1, 0.15) is 6.42 Å². The van der Waals surface area contributed by atoms with Gasteiger partial charge in [0.05, 0.1) is 11.1 Å². The summed E-state index contributed by atoms with van der Waals surface area (Å²) in [6.45, 7) is -0.866. The van der Waals surface area contributed by atoms with Gasteiger partial charge in [0.25, 0.3) is 0 Å². The van der Waals surface area contributed by atoms with Gasteiger partial charge in [-0.25, -0.2) is 9.18 Å². The average molecular weight is 362 g/mol. The lowest BCUT2D eigenvalue weighted by atomic mass is 10.1. The highest BCUT2D eigenvalue weighted by Gasteiger charge is 2.22. The zero-order chi connectivity index (χ0) is 15.4. The first-order valence-electron chi connectivity index (χ1n) is 5.88. The van der Waals surface area contributed by atoms with Gasteiger partial charge in [-0.2, -0.15) is 0 Å². The molecule has 0 unspecified atom stereocenters. The van der Waals surface area contributed by atoms with Gasteiger partial charge in [0.15, 0.2) is 6.10 Å². The van der Waals surface area contributed by atoms with Gasteiger partial charge in [0.2, 0.25) is 0 Å². The lowest BCUT2D eigenvalue weighted by Gasteiger charge is -2.16. The smallest absolute Gasteiger partial charge is 0.344 e. The summed E-state index contributed by atoms with van der Waals surface area (Å²) in [5.74, 6) is -2.02. The summed E-state index contributed by atoms with van der Waals surface area (Å²) < 4.78 is 36.1. The number of hydrogen-bond donors (Lipinski definition) is 1. The maximum absolute atomic E-state index is 13.6. The number of carboxylic acid groups (broad SMARTS) is 1. The minimum Gasteiger partial charge on any atom is -0.479 e. The van der Waals surface area contributed by atoms with Crippen molar-refractivity contribution in [2.45, 2.75) is 12.5 Å². The number of aliphatic carboxylic acids is 1. The maximum Gasteiger partial charge on any atom is 0.344 e. The second-order valence-corrected chi connectivity index (χ2v) is 4.92. The average Bonchev–Trinajstić information content (AvgIpc) is 2.95. The Labute approximate surface area is 126 Å². The molecule has 2 rings (SSSR count). The molecule has 1 atom stereocenters. The third-order valence-electron chi connectivity index (χ3n) is 2.65. The molecule has 2 aromatic rings. The van der Waals surface area contributed by atoms with Crippen LogP contribution in [0.3, 0.4) is 0 Å². The first-order chi connectivity index (χ1) is 10.0. The Balaban J connectivity index is 2.42. The molecule has 0 saturated heterocycles. The van der Waals surface area contributed by atoms with Crippen LogP contribution in [0.15, 0.2) is 33.5 Å². The summed E-state index contributed by atoms with van der Waals surface area (Å²) in [7, 11) is 0. The summed E-state index contributed by atoms with van der Waals surface area (Å²) in [6.07, 6.45) is -0.445. The van der Waals surface area contributed by atoms with Crippen molar-refractivity contribution in [1.82, 2.24) is 5.16 Å². The summed E-state index contributed by atoms with van der Waals surface area (Å²) >= 11 is 3.03. The Morgan fingerprint density at radius 3 is 2.86 bits per heavy atom. The van der Waals surface area contributed by atoms with Crippen molar-refractivity contribution in [1.29, 1.82) is 0 Å². The van der Waals surface area contributed by atoms with Crippen molar-refractivity contribution in [3.05, 3.63) is 34.8 Å². The van der Waals surface area contributed by atoms with Crippen LogP contribution in [0.4, 0.5) is 8.78 Å². The predicted octanol–water partition coefficient (Wildman–Crippen LogP) is 3.43. The van der Waals surface area contributed by atoms with E-state index in [0.29, 0.717) is 11.3 Å². The standard InChI is InChI=1S/C13H10BrF2NO4/c14-8-5-7(10-2-4-20-17-10)12(6-9(8)16)21-11(1-3-15)13(18)19/h2,4-6,11H,1,3H2,(H,18,19)/t11-/m0/s1. The first kappa shape index (κ1) is 15.4. The van der Waals surface area contributed by atoms with Gasteiger partial charge in [-0.3, -0.25) is 4.39 Å². The van der Waals surface area contributed by atoms with Crippen LogP contribution >= 0.6 is 15.9 Å². The molecule has 0 radical (unpaired) electrons. The molecule has 0 amide bonds. The number of halogens is 3. The number of nitrogens with zero attached hydrogens (tertiary/aromatic N) is 1. The van der Waals surface area contributed by atoms with Gasteiger partial charge in [-0.1, -0.05) is 5.16 Å². The summed E-state index contributed by atoms with van der Waals surface area (Å²) in [5.41, 5.74) is 0.678. The molecular weight excluding hydrogens is 352 g/mol. The van der Waals surface area contributed by atoms with Crippen molar-refractivity contribution in [3.8, 4) is 17.0 Å². The van der Waals surface area contributed by atoms with Crippen LogP contribution in [0.2, 0.25) is 0 Å². The lowest BCUT2D eigenvalue weighted by molar-refractivity contribution is -0.145. The van der Waals surface area contributed by atoms with E-state index >= 15 is 0 Å². The third-order valence-corrected chi connectivity index (χ3v) is 3.26. The van der Waals surface area contributed by atoms with E-state index in [1.807, 2.05) is 0 Å². The van der Waals surface area contributed by atoms with Gasteiger partial charge < -0.3 is 14.4 Å². The van der Waals surface area contributed by atoms with E-state index in [1.54, 1.807) is 0 Å². The second kappa shape index (κ2) is 6.66. The van der Waals surface area contributed by atoms with Crippen molar-refractivity contribution in [2.75, 3.05) is 6.67 Å². The summed E-state index contributed by atoms with van der Waals surface area (Å²) in [5, 5.41) is 12.7. The van der Waals surface area contributed by atoms with Gasteiger partial charge in [0.1, 0.15) is 23.5 Å². The fraction of sp³-hybridized carbons (Fsp3) is 0.231. The summed E-state index contributed by atoms with van der Waals surface area (Å²) in [6, 6.07) is 3.91. The zero-order valence-electron chi connectivity index (χ0n) is 10.6. The second-order valence-electron chi connectivity index (χ2n) is 4.07. The Morgan fingerprint density at radius 1 is 1.52 bits per heavy atom. The molecule has 21 heavy (non-hydrogen) atoms. The van der Waals surface area contributed by atoms with Crippen molar-refractivity contribution in [3.63, 3.8) is 0 Å². The Hall–Kier alpha value is -1.96. The summed E-state index contributed by atoms with van der Waals surface area (Å²) in [4.78, 5) is 11.0. The molecule has 0 aliphatic carbocycles. The number of carboxylic acids is 1. The molecular formula is C13H10BrF2NO4. The predicted molar refractivity (Wildman–Crippen MR) is 72.2 cm³/mol. The Morgan fingerprint density at radius 2 is 2.29 bits per heavy atom. The molecule has 0 bridgehead atoms. The number of hydrogen-bond acceptors (Lipinski definition) is 4. The maximum atomic E-state index is 13.6. The van der Waals surface area contributed by atoms with Gasteiger partial charge in [0, 0.05) is 24.1 Å².